The molecule has 0 aromatic carbocycles. The van der Waals surface area contributed by atoms with Gasteiger partial charge >= 0.3 is 0 Å². The minimum Gasteiger partial charge on any atom is -0.281 e. The van der Waals surface area contributed by atoms with Gasteiger partial charge in [-0.1, -0.05) is 13.8 Å². The summed E-state index contributed by atoms with van der Waals surface area (Å²) in [4.78, 5) is 10.6. The van der Waals surface area contributed by atoms with E-state index in [-0.39, 0.29) is 12.2 Å². The van der Waals surface area contributed by atoms with E-state index in [1.807, 2.05) is 13.8 Å². The average molecular weight is 268 g/mol. The summed E-state index contributed by atoms with van der Waals surface area (Å²) in [6.07, 6.45) is 0.948. The maximum atomic E-state index is 11.9. The first kappa shape index (κ1) is 13.9. The van der Waals surface area contributed by atoms with E-state index in [0.717, 1.165) is 6.42 Å². The van der Waals surface area contributed by atoms with Gasteiger partial charge < -0.3 is 0 Å². The van der Waals surface area contributed by atoms with E-state index in [9.17, 15) is 13.2 Å². The highest BCUT2D eigenvalue weighted by Crippen LogP contribution is 2.23. The van der Waals surface area contributed by atoms with Crippen molar-refractivity contribution in [3.05, 3.63) is 0 Å². The van der Waals surface area contributed by atoms with Crippen molar-refractivity contribution in [2.45, 2.75) is 26.7 Å². The quantitative estimate of drug-likeness (QED) is 0.725. The summed E-state index contributed by atoms with van der Waals surface area (Å²) in [5, 5.41) is -0.596. The van der Waals surface area contributed by atoms with E-state index in [0.29, 0.717) is 24.9 Å². The van der Waals surface area contributed by atoms with Crippen molar-refractivity contribution in [1.29, 1.82) is 0 Å². The van der Waals surface area contributed by atoms with Crippen molar-refractivity contribution in [1.82, 2.24) is 4.31 Å². The van der Waals surface area contributed by atoms with Gasteiger partial charge in [0, 0.05) is 19.5 Å². The molecule has 1 fully saturated rings. The standard InChI is InChI=1S/C10H18ClNO3S/c1-8-5-9(2)7-12(6-8)16(14,15)4-3-10(11)13/h8-9H,3-7H2,1-2H3. The molecular weight excluding hydrogens is 250 g/mol. The van der Waals surface area contributed by atoms with E-state index in [4.69, 9.17) is 11.6 Å². The Bertz CT molecular complexity index is 345. The molecule has 16 heavy (non-hydrogen) atoms. The Morgan fingerprint density at radius 3 is 2.25 bits per heavy atom. The first-order valence-corrected chi connectivity index (χ1v) is 7.46. The third-order valence-corrected chi connectivity index (χ3v) is 4.78. The topological polar surface area (TPSA) is 54.5 Å². The molecule has 0 spiro atoms. The lowest BCUT2D eigenvalue weighted by Gasteiger charge is -2.33. The number of halogens is 1. The maximum absolute atomic E-state index is 11.9. The normalized spacial score (nSPS) is 27.9. The molecule has 0 radical (unpaired) electrons. The largest absolute Gasteiger partial charge is 0.281 e. The molecule has 0 amide bonds. The molecule has 0 aliphatic carbocycles. The van der Waals surface area contributed by atoms with Crippen LogP contribution >= 0.6 is 11.6 Å². The molecule has 0 bridgehead atoms. The van der Waals surface area contributed by atoms with Crippen LogP contribution in [0.15, 0.2) is 0 Å². The molecular formula is C10H18ClNO3S. The smallest absolute Gasteiger partial charge is 0.222 e. The number of piperidine rings is 1. The predicted molar refractivity (Wildman–Crippen MR) is 63.8 cm³/mol. The zero-order chi connectivity index (χ0) is 12.3. The molecule has 6 heteroatoms. The van der Waals surface area contributed by atoms with E-state index in [2.05, 4.69) is 0 Å². The van der Waals surface area contributed by atoms with Gasteiger partial charge in [-0.05, 0) is 29.9 Å². The summed E-state index contributed by atoms with van der Waals surface area (Å²) in [6.45, 7) is 5.21. The lowest BCUT2D eigenvalue weighted by molar-refractivity contribution is -0.111. The molecule has 0 N–H and O–H groups in total. The molecule has 2 unspecified atom stereocenters. The molecule has 1 aliphatic rings. The first-order valence-electron chi connectivity index (χ1n) is 5.47. The summed E-state index contributed by atoms with van der Waals surface area (Å²) in [5.41, 5.74) is 0. The summed E-state index contributed by atoms with van der Waals surface area (Å²) < 4.78 is 25.3. The monoisotopic (exact) mass is 267 g/mol. The fraction of sp³-hybridized carbons (Fsp3) is 0.900. The van der Waals surface area contributed by atoms with Crippen LogP contribution in [0.4, 0.5) is 0 Å². The van der Waals surface area contributed by atoms with E-state index >= 15 is 0 Å². The molecule has 0 saturated carbocycles. The van der Waals surface area contributed by atoms with Gasteiger partial charge in [0.05, 0.1) is 5.75 Å². The lowest BCUT2D eigenvalue weighted by Crippen LogP contribution is -2.43. The first-order chi connectivity index (χ1) is 7.31. The SMILES string of the molecule is CC1CC(C)CN(S(=O)(=O)CCC(=O)Cl)C1. The van der Waals surface area contributed by atoms with Crippen LogP contribution in [0.3, 0.4) is 0 Å². The zero-order valence-corrected chi connectivity index (χ0v) is 11.2. The third kappa shape index (κ3) is 4.03. The molecule has 1 saturated heterocycles. The number of rotatable bonds is 4. The van der Waals surface area contributed by atoms with Crippen molar-refractivity contribution in [2.75, 3.05) is 18.8 Å². The van der Waals surface area contributed by atoms with Gasteiger partial charge in [-0.15, -0.1) is 0 Å². The number of carbonyl (C=O) groups excluding carboxylic acids is 1. The molecule has 1 heterocycles. The molecule has 0 aromatic rings. The minimum atomic E-state index is -3.32. The Hall–Kier alpha value is -0.130. The molecule has 0 aromatic heterocycles. The predicted octanol–water partition coefficient (Wildman–Crippen LogP) is 1.45. The highest BCUT2D eigenvalue weighted by atomic mass is 35.5. The second-order valence-electron chi connectivity index (χ2n) is 4.68. The van der Waals surface area contributed by atoms with Crippen LogP contribution in [0.1, 0.15) is 26.7 Å². The molecule has 94 valence electrons. The fourth-order valence-electron chi connectivity index (χ4n) is 2.17. The van der Waals surface area contributed by atoms with Gasteiger partial charge in [0.15, 0.2) is 0 Å². The number of hydrogen-bond acceptors (Lipinski definition) is 3. The van der Waals surface area contributed by atoms with Crippen molar-refractivity contribution < 1.29 is 13.2 Å². The van der Waals surface area contributed by atoms with E-state index < -0.39 is 15.3 Å². The van der Waals surface area contributed by atoms with Crippen LogP contribution in [-0.4, -0.2) is 36.8 Å². The molecule has 2 atom stereocenters. The molecule has 1 aliphatic heterocycles. The van der Waals surface area contributed by atoms with Gasteiger partial charge in [-0.3, -0.25) is 4.79 Å². The van der Waals surface area contributed by atoms with Crippen LogP contribution in [0.25, 0.3) is 0 Å². The van der Waals surface area contributed by atoms with Gasteiger partial charge in [-0.2, -0.15) is 0 Å². The summed E-state index contributed by atoms with van der Waals surface area (Å²) in [6, 6.07) is 0. The molecule has 4 nitrogen and oxygen atoms in total. The Morgan fingerprint density at radius 1 is 1.31 bits per heavy atom. The Morgan fingerprint density at radius 2 is 1.81 bits per heavy atom. The molecule has 1 rings (SSSR count). The van der Waals surface area contributed by atoms with Gasteiger partial charge in [0.25, 0.3) is 0 Å². The zero-order valence-electron chi connectivity index (χ0n) is 9.65. The Balaban J connectivity index is 2.64. The van der Waals surface area contributed by atoms with E-state index in [1.54, 1.807) is 0 Å². The Kier molecular flexibility index (Phi) is 4.76. The van der Waals surface area contributed by atoms with E-state index in [1.165, 1.54) is 4.31 Å². The van der Waals surface area contributed by atoms with Crippen LogP contribution in [-0.2, 0) is 14.8 Å². The number of carbonyl (C=O) groups is 1. The maximum Gasteiger partial charge on any atom is 0.222 e. The van der Waals surface area contributed by atoms with Gasteiger partial charge in [0.1, 0.15) is 0 Å². The Labute approximate surface area is 102 Å². The summed E-state index contributed by atoms with van der Waals surface area (Å²) in [5.74, 6) is 0.588. The van der Waals surface area contributed by atoms with Crippen LogP contribution < -0.4 is 0 Å². The van der Waals surface area contributed by atoms with Crippen molar-refractivity contribution in [3.8, 4) is 0 Å². The minimum absolute atomic E-state index is 0.108. The van der Waals surface area contributed by atoms with Crippen LogP contribution in [0, 0.1) is 11.8 Å². The second kappa shape index (κ2) is 5.47. The van der Waals surface area contributed by atoms with Gasteiger partial charge in [-0.25, -0.2) is 12.7 Å². The third-order valence-electron chi connectivity index (χ3n) is 2.79. The summed E-state index contributed by atoms with van der Waals surface area (Å²) in [7, 11) is -3.32. The highest BCUT2D eigenvalue weighted by Gasteiger charge is 2.30. The van der Waals surface area contributed by atoms with Crippen molar-refractivity contribution >= 4 is 26.9 Å². The van der Waals surface area contributed by atoms with Crippen molar-refractivity contribution in [2.24, 2.45) is 11.8 Å². The van der Waals surface area contributed by atoms with Gasteiger partial charge in [0.2, 0.25) is 15.3 Å². The number of nitrogens with zero attached hydrogens (tertiary/aromatic N) is 1. The van der Waals surface area contributed by atoms with Crippen LogP contribution in [0.2, 0.25) is 0 Å². The van der Waals surface area contributed by atoms with Crippen LogP contribution in [0.5, 0.6) is 0 Å². The highest BCUT2D eigenvalue weighted by molar-refractivity contribution is 7.89. The number of sulfonamides is 1. The summed E-state index contributed by atoms with van der Waals surface area (Å²) >= 11 is 5.16. The number of hydrogen-bond donors (Lipinski definition) is 0. The van der Waals surface area contributed by atoms with Crippen molar-refractivity contribution in [3.63, 3.8) is 0 Å². The fourth-order valence-corrected chi connectivity index (χ4v) is 4.04. The second-order valence-corrected chi connectivity index (χ2v) is 7.19. The average Bonchev–Trinajstić information content (AvgIpc) is 2.13. The lowest BCUT2D eigenvalue weighted by atomic mass is 9.94.